The molecule has 1 atom stereocenters. The molecule has 0 N–H and O–H groups in total. The second-order valence-electron chi connectivity index (χ2n) is 4.52. The summed E-state index contributed by atoms with van der Waals surface area (Å²) in [7, 11) is 0. The number of alkyl halides is 1. The number of thioether (sulfide) groups is 1. The van der Waals surface area contributed by atoms with E-state index < -0.39 is 0 Å². The molecule has 84 valence electrons. The summed E-state index contributed by atoms with van der Waals surface area (Å²) in [6.45, 7) is 0. The minimum Gasteiger partial charge on any atom is -0.145 e. The highest BCUT2D eigenvalue weighted by Gasteiger charge is 2.19. The van der Waals surface area contributed by atoms with Crippen LogP contribution in [-0.2, 0) is 0 Å². The van der Waals surface area contributed by atoms with Gasteiger partial charge in [-0.25, -0.2) is 0 Å². The summed E-state index contributed by atoms with van der Waals surface area (Å²) in [5.41, 5.74) is 1.61. The van der Waals surface area contributed by atoms with E-state index in [2.05, 4.69) is 18.2 Å². The number of hydrogen-bond acceptors (Lipinski definition) is 1. The molecule has 2 aliphatic carbocycles. The van der Waals surface area contributed by atoms with Gasteiger partial charge in [-0.2, -0.15) is 0 Å². The van der Waals surface area contributed by atoms with Gasteiger partial charge in [0, 0.05) is 5.75 Å². The Morgan fingerprint density at radius 2 is 2.13 bits per heavy atom. The molecule has 2 aliphatic rings. The lowest BCUT2D eigenvalue weighted by Gasteiger charge is -2.19. The average Bonchev–Trinajstić information content (AvgIpc) is 2.80. The third-order valence-electron chi connectivity index (χ3n) is 3.45. The van der Waals surface area contributed by atoms with Crippen molar-refractivity contribution in [1.29, 1.82) is 0 Å². The van der Waals surface area contributed by atoms with E-state index in [4.69, 9.17) is 11.6 Å². The molecule has 0 spiro atoms. The van der Waals surface area contributed by atoms with Crippen LogP contribution in [0, 0.1) is 11.8 Å². The summed E-state index contributed by atoms with van der Waals surface area (Å²) in [4.78, 5) is 0. The molecule has 0 aromatic rings. The Morgan fingerprint density at radius 1 is 1.33 bits per heavy atom. The molecule has 0 heterocycles. The summed E-state index contributed by atoms with van der Waals surface area (Å²) < 4.78 is 0. The van der Waals surface area contributed by atoms with E-state index in [9.17, 15) is 0 Å². The van der Waals surface area contributed by atoms with Crippen molar-refractivity contribution in [1.82, 2.24) is 0 Å². The van der Waals surface area contributed by atoms with E-state index in [1.54, 1.807) is 5.57 Å². The minimum atomic E-state index is 0.721. The number of halogens is 1. The molecule has 0 aliphatic heterocycles. The van der Waals surface area contributed by atoms with Crippen molar-refractivity contribution in [2.75, 3.05) is 11.0 Å². The fraction of sp³-hybridized carbons (Fsp3) is 0.692. The first-order valence-electron chi connectivity index (χ1n) is 5.92. The predicted molar refractivity (Wildman–Crippen MR) is 70.5 cm³/mol. The van der Waals surface area contributed by atoms with Crippen LogP contribution in [0.4, 0.5) is 0 Å². The zero-order valence-corrected chi connectivity index (χ0v) is 10.7. The van der Waals surface area contributed by atoms with Gasteiger partial charge in [0.25, 0.3) is 0 Å². The second kappa shape index (κ2) is 6.00. The Labute approximate surface area is 102 Å². The van der Waals surface area contributed by atoms with Gasteiger partial charge in [-0.1, -0.05) is 31.1 Å². The van der Waals surface area contributed by atoms with Crippen molar-refractivity contribution in [2.45, 2.75) is 32.1 Å². The van der Waals surface area contributed by atoms with Crippen molar-refractivity contribution < 1.29 is 0 Å². The largest absolute Gasteiger partial charge is 0.145 e. The Morgan fingerprint density at radius 3 is 2.73 bits per heavy atom. The fourth-order valence-corrected chi connectivity index (χ4v) is 3.47. The van der Waals surface area contributed by atoms with Crippen molar-refractivity contribution in [2.24, 2.45) is 11.8 Å². The normalized spacial score (nSPS) is 27.0. The van der Waals surface area contributed by atoms with Crippen LogP contribution >= 0.6 is 23.4 Å². The van der Waals surface area contributed by atoms with Crippen LogP contribution in [0.1, 0.15) is 32.1 Å². The summed E-state index contributed by atoms with van der Waals surface area (Å²) in [5, 5.41) is 0.726. The second-order valence-corrected chi connectivity index (χ2v) is 6.13. The van der Waals surface area contributed by atoms with Gasteiger partial charge in [-0.3, -0.25) is 0 Å². The highest BCUT2D eigenvalue weighted by Crippen LogP contribution is 2.34. The molecule has 1 unspecified atom stereocenters. The van der Waals surface area contributed by atoms with Crippen LogP contribution in [0.2, 0.25) is 0 Å². The topological polar surface area (TPSA) is 0 Å². The molecule has 1 fully saturated rings. The maximum atomic E-state index is 5.68. The van der Waals surface area contributed by atoms with Crippen molar-refractivity contribution >= 4 is 23.4 Å². The smallest absolute Gasteiger partial charge is 0.0680 e. The lowest BCUT2D eigenvalue weighted by atomic mass is 9.89. The molecule has 0 saturated heterocycles. The van der Waals surface area contributed by atoms with Gasteiger partial charge in [-0.15, -0.1) is 23.4 Å². The van der Waals surface area contributed by atoms with Crippen molar-refractivity contribution in [3.8, 4) is 0 Å². The molecule has 0 bridgehead atoms. The third-order valence-corrected chi connectivity index (χ3v) is 4.73. The molecule has 1 saturated carbocycles. The highest BCUT2D eigenvalue weighted by molar-refractivity contribution is 8.00. The highest BCUT2D eigenvalue weighted by atomic mass is 35.5. The van der Waals surface area contributed by atoms with Crippen LogP contribution in [0.15, 0.2) is 23.8 Å². The summed E-state index contributed by atoms with van der Waals surface area (Å²) in [6, 6.07) is 0. The fourth-order valence-electron chi connectivity index (χ4n) is 2.56. The molecule has 2 heteroatoms. The Balaban J connectivity index is 1.81. The lowest BCUT2D eigenvalue weighted by molar-refractivity contribution is 0.634. The van der Waals surface area contributed by atoms with E-state index in [1.165, 1.54) is 37.9 Å². The predicted octanol–water partition coefficient (Wildman–Crippen LogP) is 4.61. The van der Waals surface area contributed by atoms with Crippen molar-refractivity contribution in [3.05, 3.63) is 23.8 Å². The Hall–Kier alpha value is 0.120. The summed E-state index contributed by atoms with van der Waals surface area (Å²) in [6.07, 6.45) is 14.2. The van der Waals surface area contributed by atoms with E-state index in [0.29, 0.717) is 0 Å². The number of hydrogen-bond donors (Lipinski definition) is 0. The number of rotatable bonds is 4. The molecule has 0 amide bonds. The lowest BCUT2D eigenvalue weighted by Crippen LogP contribution is -2.06. The first-order chi connectivity index (χ1) is 7.40. The van der Waals surface area contributed by atoms with E-state index in [-0.39, 0.29) is 0 Å². The number of allylic oxidation sites excluding steroid dienone is 4. The van der Waals surface area contributed by atoms with Crippen LogP contribution in [0.25, 0.3) is 0 Å². The maximum absolute atomic E-state index is 5.68. The van der Waals surface area contributed by atoms with Gasteiger partial charge >= 0.3 is 0 Å². The Bertz CT molecular complexity index is 251. The van der Waals surface area contributed by atoms with E-state index >= 15 is 0 Å². The molecule has 0 aromatic heterocycles. The maximum Gasteiger partial charge on any atom is 0.0680 e. The van der Waals surface area contributed by atoms with Crippen LogP contribution in [0.3, 0.4) is 0 Å². The molecular weight excluding hydrogens is 224 g/mol. The monoisotopic (exact) mass is 242 g/mol. The van der Waals surface area contributed by atoms with Crippen molar-refractivity contribution in [3.63, 3.8) is 0 Å². The van der Waals surface area contributed by atoms with E-state index in [0.717, 1.165) is 17.0 Å². The standard InChI is InChI=1S/C13H19ClS/c14-10-15-9-11-5-7-13(8-6-11)12-3-1-2-4-12/h5,7-8,11-12H,1-4,6,9-10H2. The van der Waals surface area contributed by atoms with Crippen LogP contribution in [0.5, 0.6) is 0 Å². The first kappa shape index (κ1) is 11.6. The van der Waals surface area contributed by atoms with Gasteiger partial charge in [-0.05, 0) is 36.7 Å². The van der Waals surface area contributed by atoms with Gasteiger partial charge in [0.1, 0.15) is 0 Å². The summed E-state index contributed by atoms with van der Waals surface area (Å²) in [5.74, 6) is 2.77. The quantitative estimate of drug-likeness (QED) is 0.649. The van der Waals surface area contributed by atoms with Gasteiger partial charge in [0.2, 0.25) is 0 Å². The molecule has 2 rings (SSSR count). The van der Waals surface area contributed by atoms with Crippen LogP contribution < -0.4 is 0 Å². The van der Waals surface area contributed by atoms with E-state index in [1.807, 2.05) is 11.8 Å². The molecule has 0 aromatic carbocycles. The molecular formula is C13H19ClS. The average molecular weight is 243 g/mol. The zero-order valence-electron chi connectivity index (χ0n) is 9.12. The van der Waals surface area contributed by atoms with Gasteiger partial charge in [0.05, 0.1) is 5.21 Å². The Kier molecular flexibility index (Phi) is 4.64. The first-order valence-corrected chi connectivity index (χ1v) is 7.61. The third kappa shape index (κ3) is 3.29. The molecule has 15 heavy (non-hydrogen) atoms. The molecule has 0 nitrogen and oxygen atoms in total. The van der Waals surface area contributed by atoms with Gasteiger partial charge < -0.3 is 0 Å². The zero-order chi connectivity index (χ0) is 10.5. The van der Waals surface area contributed by atoms with Gasteiger partial charge in [0.15, 0.2) is 0 Å². The SMILES string of the molecule is ClCSCC1C=CC(C2CCCC2)=CC1. The summed E-state index contributed by atoms with van der Waals surface area (Å²) >= 11 is 7.51. The van der Waals surface area contributed by atoms with Crippen LogP contribution in [-0.4, -0.2) is 11.0 Å². The molecule has 0 radical (unpaired) electrons. The minimum absolute atomic E-state index is 0.721.